The smallest absolute Gasteiger partial charge is 0.240 e. The van der Waals surface area contributed by atoms with Crippen LogP contribution < -0.4 is 0 Å². The number of hydrogen-bond acceptors (Lipinski definition) is 2. The molecule has 1 fully saturated rings. The molecule has 0 aromatic carbocycles. The second-order valence-corrected chi connectivity index (χ2v) is 4.61. The molecule has 0 unspecified atom stereocenters. The van der Waals surface area contributed by atoms with Crippen molar-refractivity contribution >= 4 is 17.5 Å². The number of rotatable bonds is 4. The number of alkyl halides is 1. The first-order valence-electron chi connectivity index (χ1n) is 5.69. The molecule has 1 saturated heterocycles. The van der Waals surface area contributed by atoms with Crippen LogP contribution in [0.3, 0.4) is 0 Å². The largest absolute Gasteiger partial charge is 0.380 e. The number of piperidine rings is 1. The zero-order chi connectivity index (χ0) is 11.3. The van der Waals surface area contributed by atoms with E-state index in [4.69, 9.17) is 16.3 Å². The van der Waals surface area contributed by atoms with E-state index in [1.54, 1.807) is 6.92 Å². The summed E-state index contributed by atoms with van der Waals surface area (Å²) in [6, 6.07) is 0.229. The Kier molecular flexibility index (Phi) is 5.40. The van der Waals surface area contributed by atoms with Gasteiger partial charge in [0.1, 0.15) is 5.38 Å². The van der Waals surface area contributed by atoms with Gasteiger partial charge in [-0.3, -0.25) is 4.79 Å². The lowest BCUT2D eigenvalue weighted by molar-refractivity contribution is -0.135. The van der Waals surface area contributed by atoms with Gasteiger partial charge in [0.25, 0.3) is 0 Å². The summed E-state index contributed by atoms with van der Waals surface area (Å²) in [7, 11) is 0. The third-order valence-electron chi connectivity index (χ3n) is 2.76. The molecule has 0 aliphatic carbocycles. The zero-order valence-electron chi connectivity index (χ0n) is 9.54. The lowest BCUT2D eigenvalue weighted by Gasteiger charge is -2.36. The highest BCUT2D eigenvalue weighted by molar-refractivity contribution is 6.30. The van der Waals surface area contributed by atoms with E-state index in [0.717, 1.165) is 19.4 Å². The van der Waals surface area contributed by atoms with Gasteiger partial charge in [0.05, 0.1) is 12.6 Å². The van der Waals surface area contributed by atoms with Crippen molar-refractivity contribution in [3.63, 3.8) is 0 Å². The van der Waals surface area contributed by atoms with Crippen LogP contribution in [0.5, 0.6) is 0 Å². The number of amides is 1. The van der Waals surface area contributed by atoms with Crippen LogP contribution in [0.25, 0.3) is 0 Å². The molecule has 0 aromatic heterocycles. The maximum absolute atomic E-state index is 11.8. The molecule has 0 aromatic rings. The molecule has 1 heterocycles. The van der Waals surface area contributed by atoms with Crippen LogP contribution in [-0.2, 0) is 9.53 Å². The number of carbonyl (C=O) groups is 1. The summed E-state index contributed by atoms with van der Waals surface area (Å²) in [6.07, 6.45) is 3.30. The molecule has 1 amide bonds. The molecule has 1 aliphatic heterocycles. The van der Waals surface area contributed by atoms with Crippen LogP contribution in [-0.4, -0.2) is 42.0 Å². The van der Waals surface area contributed by atoms with E-state index < -0.39 is 5.38 Å². The number of likely N-dealkylation sites (tertiary alicyclic amines) is 1. The first kappa shape index (κ1) is 12.8. The van der Waals surface area contributed by atoms with Gasteiger partial charge < -0.3 is 9.64 Å². The third-order valence-corrected chi connectivity index (χ3v) is 2.95. The van der Waals surface area contributed by atoms with Crippen LogP contribution in [0.2, 0.25) is 0 Å². The summed E-state index contributed by atoms with van der Waals surface area (Å²) >= 11 is 5.83. The number of ether oxygens (including phenoxy) is 1. The predicted molar refractivity (Wildman–Crippen MR) is 61.2 cm³/mol. The average Bonchev–Trinajstić information content (AvgIpc) is 2.25. The van der Waals surface area contributed by atoms with Gasteiger partial charge in [0, 0.05) is 13.2 Å². The highest BCUT2D eigenvalue weighted by atomic mass is 35.5. The number of hydrogen-bond donors (Lipinski definition) is 0. The Hall–Kier alpha value is -0.280. The van der Waals surface area contributed by atoms with Gasteiger partial charge in [0.15, 0.2) is 0 Å². The minimum atomic E-state index is -0.424. The second-order valence-electron chi connectivity index (χ2n) is 3.96. The molecule has 3 nitrogen and oxygen atoms in total. The summed E-state index contributed by atoms with van der Waals surface area (Å²) in [5.41, 5.74) is 0. The fourth-order valence-corrected chi connectivity index (χ4v) is 2.07. The number of halogens is 1. The lowest BCUT2D eigenvalue weighted by atomic mass is 10.0. The maximum atomic E-state index is 11.8. The van der Waals surface area contributed by atoms with Crippen molar-refractivity contribution in [1.82, 2.24) is 4.90 Å². The molecule has 4 heteroatoms. The van der Waals surface area contributed by atoms with Crippen molar-refractivity contribution in [2.24, 2.45) is 0 Å². The van der Waals surface area contributed by atoms with Crippen molar-refractivity contribution in [2.45, 2.75) is 44.5 Å². The van der Waals surface area contributed by atoms with Gasteiger partial charge in [0.2, 0.25) is 5.91 Å². The normalized spacial score (nSPS) is 23.9. The summed E-state index contributed by atoms with van der Waals surface area (Å²) < 4.78 is 5.40. The van der Waals surface area contributed by atoms with E-state index in [9.17, 15) is 4.79 Å². The Morgan fingerprint density at radius 1 is 1.60 bits per heavy atom. The van der Waals surface area contributed by atoms with Crippen LogP contribution in [0.15, 0.2) is 0 Å². The molecule has 88 valence electrons. The minimum Gasteiger partial charge on any atom is -0.380 e. The van der Waals surface area contributed by atoms with Gasteiger partial charge >= 0.3 is 0 Å². The second kappa shape index (κ2) is 6.33. The van der Waals surface area contributed by atoms with Gasteiger partial charge in [-0.25, -0.2) is 0 Å². The summed E-state index contributed by atoms with van der Waals surface area (Å²) in [6.45, 7) is 5.88. The van der Waals surface area contributed by atoms with Crippen molar-refractivity contribution in [3.05, 3.63) is 0 Å². The quantitative estimate of drug-likeness (QED) is 0.696. The van der Waals surface area contributed by atoms with E-state index in [1.807, 2.05) is 11.8 Å². The highest BCUT2D eigenvalue weighted by Gasteiger charge is 2.28. The molecule has 15 heavy (non-hydrogen) atoms. The molecular weight excluding hydrogens is 214 g/mol. The predicted octanol–water partition coefficient (Wildman–Crippen LogP) is 2.03. The summed E-state index contributed by atoms with van der Waals surface area (Å²) in [4.78, 5) is 13.7. The van der Waals surface area contributed by atoms with Gasteiger partial charge in [-0.1, -0.05) is 0 Å². The topological polar surface area (TPSA) is 29.5 Å². The van der Waals surface area contributed by atoms with E-state index in [-0.39, 0.29) is 11.9 Å². The molecule has 0 N–H and O–H groups in total. The fraction of sp³-hybridized carbons (Fsp3) is 0.909. The van der Waals surface area contributed by atoms with E-state index in [1.165, 1.54) is 6.42 Å². The Balaban J connectivity index is 2.53. The fourth-order valence-electron chi connectivity index (χ4n) is 1.95. The monoisotopic (exact) mass is 233 g/mol. The number of nitrogens with zero attached hydrogens (tertiary/aromatic N) is 1. The summed E-state index contributed by atoms with van der Waals surface area (Å²) in [5.74, 6) is 0.0427. The third kappa shape index (κ3) is 3.65. The van der Waals surface area contributed by atoms with E-state index in [0.29, 0.717) is 13.2 Å². The minimum absolute atomic E-state index is 0.0427. The Labute approximate surface area is 96.7 Å². The molecule has 0 bridgehead atoms. The van der Waals surface area contributed by atoms with E-state index in [2.05, 4.69) is 0 Å². The number of carbonyl (C=O) groups excluding carboxylic acids is 1. The summed E-state index contributed by atoms with van der Waals surface area (Å²) in [5, 5.41) is -0.424. The van der Waals surface area contributed by atoms with Gasteiger partial charge in [-0.15, -0.1) is 11.6 Å². The van der Waals surface area contributed by atoms with E-state index >= 15 is 0 Å². The van der Waals surface area contributed by atoms with Crippen LogP contribution in [0.1, 0.15) is 33.1 Å². The van der Waals surface area contributed by atoms with Gasteiger partial charge in [-0.05, 0) is 33.1 Å². The SMILES string of the molecule is CCOC[C@H]1CCCCN1C(=O)[C@H](C)Cl. The molecule has 0 saturated carbocycles. The Bertz CT molecular complexity index is 209. The lowest BCUT2D eigenvalue weighted by Crippen LogP contribution is -2.48. The van der Waals surface area contributed by atoms with Crippen LogP contribution >= 0.6 is 11.6 Å². The first-order chi connectivity index (χ1) is 7.16. The Morgan fingerprint density at radius 2 is 2.33 bits per heavy atom. The van der Waals surface area contributed by atoms with Crippen molar-refractivity contribution in [1.29, 1.82) is 0 Å². The molecule has 0 radical (unpaired) electrons. The highest BCUT2D eigenvalue weighted by Crippen LogP contribution is 2.19. The Morgan fingerprint density at radius 3 is 2.93 bits per heavy atom. The molecule has 2 atom stereocenters. The van der Waals surface area contributed by atoms with Crippen LogP contribution in [0, 0.1) is 0 Å². The van der Waals surface area contributed by atoms with Crippen molar-refractivity contribution in [3.8, 4) is 0 Å². The molecule has 1 aliphatic rings. The van der Waals surface area contributed by atoms with Gasteiger partial charge in [-0.2, -0.15) is 0 Å². The van der Waals surface area contributed by atoms with Crippen molar-refractivity contribution in [2.75, 3.05) is 19.8 Å². The molecular formula is C11H20ClNO2. The first-order valence-corrected chi connectivity index (χ1v) is 6.12. The van der Waals surface area contributed by atoms with Crippen LogP contribution in [0.4, 0.5) is 0 Å². The van der Waals surface area contributed by atoms with Crippen molar-refractivity contribution < 1.29 is 9.53 Å². The average molecular weight is 234 g/mol. The molecule has 0 spiro atoms. The zero-order valence-corrected chi connectivity index (χ0v) is 10.3. The molecule has 1 rings (SSSR count). The standard InChI is InChI=1S/C11H20ClNO2/c1-3-15-8-10-6-4-5-7-13(10)11(14)9(2)12/h9-10H,3-8H2,1-2H3/t9-,10+/m0/s1. The maximum Gasteiger partial charge on any atom is 0.240 e.